The highest BCUT2D eigenvalue weighted by molar-refractivity contribution is 5.90. The fraction of sp³-hybridized carbons (Fsp3) is 0.500. The molecule has 0 spiro atoms. The Kier molecular flexibility index (Phi) is 3.28. The van der Waals surface area contributed by atoms with E-state index in [4.69, 9.17) is 4.74 Å². The van der Waals surface area contributed by atoms with E-state index in [1.54, 1.807) is 6.07 Å². The maximum absolute atomic E-state index is 11.4. The Morgan fingerprint density at radius 3 is 2.71 bits per heavy atom. The lowest BCUT2D eigenvalue weighted by Gasteiger charge is -2.36. The average Bonchev–Trinajstić information content (AvgIpc) is 2.25. The molecule has 5 nitrogen and oxygen atoms in total. The smallest absolute Gasteiger partial charge is 0.339 e. The number of rotatable bonds is 3. The van der Waals surface area contributed by atoms with Gasteiger partial charge in [-0.05, 0) is 19.1 Å². The summed E-state index contributed by atoms with van der Waals surface area (Å²) in [6, 6.07) is 4.12. The predicted octanol–water partition coefficient (Wildman–Crippen LogP) is 0.585. The number of ether oxygens (including phenoxy) is 1. The molecule has 0 unspecified atom stereocenters. The van der Waals surface area contributed by atoms with Crippen LogP contribution in [0.3, 0.4) is 0 Å². The van der Waals surface area contributed by atoms with E-state index < -0.39 is 0 Å². The van der Waals surface area contributed by atoms with Crippen molar-refractivity contribution in [2.24, 2.45) is 0 Å². The minimum absolute atomic E-state index is 0.338. The molecule has 0 saturated carbocycles. The standard InChI is InChI=1S/C12H17N3O2/c1-8-10(12(16)17-3)4-5-11(14-8)15(2)9-6-13-7-9/h4-5,9,13H,6-7H2,1-3H3. The molecule has 1 saturated heterocycles. The topological polar surface area (TPSA) is 54.5 Å². The molecular weight excluding hydrogens is 218 g/mol. The van der Waals surface area contributed by atoms with Gasteiger partial charge in [0.25, 0.3) is 0 Å². The summed E-state index contributed by atoms with van der Waals surface area (Å²) in [6.45, 7) is 3.79. The van der Waals surface area contributed by atoms with Gasteiger partial charge in [-0.25, -0.2) is 9.78 Å². The number of esters is 1. The minimum atomic E-state index is -0.338. The number of carbonyl (C=O) groups excluding carboxylic acids is 1. The van der Waals surface area contributed by atoms with Crippen LogP contribution >= 0.6 is 0 Å². The van der Waals surface area contributed by atoms with Crippen molar-refractivity contribution in [2.45, 2.75) is 13.0 Å². The molecule has 0 atom stereocenters. The van der Waals surface area contributed by atoms with Gasteiger partial charge in [0.15, 0.2) is 0 Å². The summed E-state index contributed by atoms with van der Waals surface area (Å²) in [6.07, 6.45) is 0. The fourth-order valence-electron chi connectivity index (χ4n) is 1.80. The van der Waals surface area contributed by atoms with Crippen LogP contribution in [0.25, 0.3) is 0 Å². The molecule has 92 valence electrons. The third-order valence-corrected chi connectivity index (χ3v) is 3.15. The summed E-state index contributed by atoms with van der Waals surface area (Å²) >= 11 is 0. The molecule has 2 heterocycles. The van der Waals surface area contributed by atoms with Crippen LogP contribution < -0.4 is 10.2 Å². The second kappa shape index (κ2) is 4.71. The molecule has 1 aliphatic rings. The van der Waals surface area contributed by atoms with E-state index in [-0.39, 0.29) is 5.97 Å². The number of likely N-dealkylation sites (N-methyl/N-ethyl adjacent to an activating group) is 1. The number of nitrogens with one attached hydrogen (secondary N) is 1. The Labute approximate surface area is 101 Å². The van der Waals surface area contributed by atoms with Gasteiger partial charge in [0, 0.05) is 20.1 Å². The molecule has 0 aliphatic carbocycles. The van der Waals surface area contributed by atoms with Crippen LogP contribution in [-0.2, 0) is 4.74 Å². The third-order valence-electron chi connectivity index (χ3n) is 3.15. The zero-order chi connectivity index (χ0) is 12.4. The Hall–Kier alpha value is -1.62. The van der Waals surface area contributed by atoms with Gasteiger partial charge >= 0.3 is 5.97 Å². The lowest BCUT2D eigenvalue weighted by atomic mass is 10.1. The number of aromatic nitrogens is 1. The predicted molar refractivity (Wildman–Crippen MR) is 65.4 cm³/mol. The second-order valence-electron chi connectivity index (χ2n) is 4.22. The maximum Gasteiger partial charge on any atom is 0.339 e. The number of anilines is 1. The van der Waals surface area contributed by atoms with Crippen LogP contribution in [0, 0.1) is 6.92 Å². The van der Waals surface area contributed by atoms with E-state index in [0.717, 1.165) is 18.9 Å². The first-order valence-corrected chi connectivity index (χ1v) is 5.63. The Morgan fingerprint density at radius 1 is 1.53 bits per heavy atom. The van der Waals surface area contributed by atoms with Gasteiger partial charge in [0.05, 0.1) is 24.4 Å². The van der Waals surface area contributed by atoms with Crippen molar-refractivity contribution < 1.29 is 9.53 Å². The third kappa shape index (κ3) is 2.24. The first-order valence-electron chi connectivity index (χ1n) is 5.63. The van der Waals surface area contributed by atoms with Crippen molar-refractivity contribution in [2.75, 3.05) is 32.1 Å². The molecule has 0 aromatic carbocycles. The van der Waals surface area contributed by atoms with Crippen LogP contribution in [0.15, 0.2) is 12.1 Å². The monoisotopic (exact) mass is 235 g/mol. The minimum Gasteiger partial charge on any atom is -0.465 e. The van der Waals surface area contributed by atoms with E-state index in [0.29, 0.717) is 17.3 Å². The van der Waals surface area contributed by atoms with Crippen LogP contribution in [-0.4, -0.2) is 44.2 Å². The first-order chi connectivity index (χ1) is 8.13. The van der Waals surface area contributed by atoms with Gasteiger partial charge in [-0.1, -0.05) is 0 Å². The van der Waals surface area contributed by atoms with E-state index >= 15 is 0 Å². The number of hydrogen-bond donors (Lipinski definition) is 1. The average molecular weight is 235 g/mol. The number of nitrogens with zero attached hydrogens (tertiary/aromatic N) is 2. The quantitative estimate of drug-likeness (QED) is 0.777. The highest BCUT2D eigenvalue weighted by atomic mass is 16.5. The molecule has 1 aromatic heterocycles. The fourth-order valence-corrected chi connectivity index (χ4v) is 1.80. The van der Waals surface area contributed by atoms with E-state index in [9.17, 15) is 4.79 Å². The van der Waals surface area contributed by atoms with Crippen molar-refractivity contribution in [1.82, 2.24) is 10.3 Å². The molecular formula is C12H17N3O2. The molecule has 5 heteroatoms. The van der Waals surface area contributed by atoms with Gasteiger partial charge < -0.3 is 15.0 Å². The molecule has 17 heavy (non-hydrogen) atoms. The number of hydrogen-bond acceptors (Lipinski definition) is 5. The Bertz CT molecular complexity index is 430. The molecule has 0 radical (unpaired) electrons. The van der Waals surface area contributed by atoms with Crippen molar-refractivity contribution >= 4 is 11.8 Å². The van der Waals surface area contributed by atoms with Crippen LogP contribution in [0.1, 0.15) is 16.1 Å². The molecule has 1 aromatic rings. The van der Waals surface area contributed by atoms with Crippen molar-refractivity contribution in [1.29, 1.82) is 0 Å². The summed E-state index contributed by atoms with van der Waals surface area (Å²) in [5.41, 5.74) is 1.23. The van der Waals surface area contributed by atoms with Gasteiger partial charge in [-0.15, -0.1) is 0 Å². The van der Waals surface area contributed by atoms with Gasteiger partial charge in [-0.2, -0.15) is 0 Å². The van der Waals surface area contributed by atoms with Gasteiger partial charge in [0.2, 0.25) is 0 Å². The first kappa shape index (κ1) is 11.9. The summed E-state index contributed by atoms with van der Waals surface area (Å²) in [5.74, 6) is 0.552. The lowest BCUT2D eigenvalue weighted by Crippen LogP contribution is -2.56. The lowest BCUT2D eigenvalue weighted by molar-refractivity contribution is 0.0599. The molecule has 0 bridgehead atoms. The summed E-state index contributed by atoms with van der Waals surface area (Å²) in [5, 5.41) is 3.22. The second-order valence-corrected chi connectivity index (χ2v) is 4.22. The molecule has 2 rings (SSSR count). The van der Waals surface area contributed by atoms with Crippen molar-refractivity contribution in [3.05, 3.63) is 23.4 Å². The van der Waals surface area contributed by atoms with E-state index in [1.165, 1.54) is 7.11 Å². The van der Waals surface area contributed by atoms with Gasteiger partial charge in [0.1, 0.15) is 5.82 Å². The number of pyridine rings is 1. The van der Waals surface area contributed by atoms with Gasteiger partial charge in [-0.3, -0.25) is 0 Å². The molecule has 1 aliphatic heterocycles. The number of methoxy groups -OCH3 is 1. The summed E-state index contributed by atoms with van der Waals surface area (Å²) in [7, 11) is 3.40. The van der Waals surface area contributed by atoms with Crippen molar-refractivity contribution in [3.8, 4) is 0 Å². The highest BCUT2D eigenvalue weighted by Gasteiger charge is 2.23. The Balaban J connectivity index is 2.20. The summed E-state index contributed by atoms with van der Waals surface area (Å²) < 4.78 is 4.69. The van der Waals surface area contributed by atoms with Crippen LogP contribution in [0.5, 0.6) is 0 Å². The highest BCUT2D eigenvalue weighted by Crippen LogP contribution is 2.17. The number of carbonyl (C=O) groups is 1. The Morgan fingerprint density at radius 2 is 2.24 bits per heavy atom. The van der Waals surface area contributed by atoms with Crippen LogP contribution in [0.4, 0.5) is 5.82 Å². The zero-order valence-corrected chi connectivity index (χ0v) is 10.4. The van der Waals surface area contributed by atoms with E-state index in [2.05, 4.69) is 15.2 Å². The SMILES string of the molecule is COC(=O)c1ccc(N(C)C2CNC2)nc1C. The normalized spacial score (nSPS) is 15.2. The van der Waals surface area contributed by atoms with E-state index in [1.807, 2.05) is 20.0 Å². The van der Waals surface area contributed by atoms with Crippen LogP contribution in [0.2, 0.25) is 0 Å². The van der Waals surface area contributed by atoms with Crippen molar-refractivity contribution in [3.63, 3.8) is 0 Å². The summed E-state index contributed by atoms with van der Waals surface area (Å²) in [4.78, 5) is 18.0. The molecule has 1 fully saturated rings. The number of aryl methyl sites for hydroxylation is 1. The zero-order valence-electron chi connectivity index (χ0n) is 10.4. The molecule has 0 amide bonds. The molecule has 1 N–H and O–H groups in total. The largest absolute Gasteiger partial charge is 0.465 e. The maximum atomic E-state index is 11.4.